The summed E-state index contributed by atoms with van der Waals surface area (Å²) in [6.07, 6.45) is 7.80. The first kappa shape index (κ1) is 19.0. The molecule has 0 aromatic carbocycles. The molecule has 3 rings (SSSR count). The summed E-state index contributed by atoms with van der Waals surface area (Å²) in [7, 11) is -4.17. The molecule has 0 bridgehead atoms. The van der Waals surface area contributed by atoms with Crippen molar-refractivity contribution in [3.05, 3.63) is 69.3 Å². The van der Waals surface area contributed by atoms with E-state index in [1.165, 1.54) is 31.5 Å². The highest BCUT2D eigenvalue weighted by Crippen LogP contribution is 2.28. The molecular weight excluding hydrogens is 396 g/mol. The Labute approximate surface area is 159 Å². The second-order valence-corrected chi connectivity index (χ2v) is 8.51. The van der Waals surface area contributed by atoms with Gasteiger partial charge in [0, 0.05) is 24.4 Å². The molecular formula is C15H15ClN6O4S. The molecule has 1 aliphatic rings. The minimum Gasteiger partial charge on any atom is -0.323 e. The Bertz CT molecular complexity index is 1110. The maximum absolute atomic E-state index is 12.7. The number of nitro groups is 1. The van der Waals surface area contributed by atoms with E-state index in [9.17, 15) is 18.5 Å². The van der Waals surface area contributed by atoms with E-state index in [0.29, 0.717) is 16.4 Å². The summed E-state index contributed by atoms with van der Waals surface area (Å²) < 4.78 is 25.2. The number of rotatable bonds is 5. The Balaban J connectivity index is 1.87. The van der Waals surface area contributed by atoms with Crippen LogP contribution < -0.4 is 10.6 Å². The first-order chi connectivity index (χ1) is 12.6. The zero-order valence-corrected chi connectivity index (χ0v) is 15.6. The fraction of sp³-hybridized carbons (Fsp3) is 0.200. The molecule has 0 aliphatic heterocycles. The van der Waals surface area contributed by atoms with Gasteiger partial charge in [-0.3, -0.25) is 14.5 Å². The average molecular weight is 411 g/mol. The zero-order chi connectivity index (χ0) is 19.8. The molecule has 10 nitrogen and oxygen atoms in total. The number of fused-ring (bicyclic) bond motifs is 1. The van der Waals surface area contributed by atoms with E-state index in [2.05, 4.69) is 14.9 Å². The zero-order valence-electron chi connectivity index (χ0n) is 14.0. The molecule has 1 aliphatic carbocycles. The fourth-order valence-electron chi connectivity index (χ4n) is 2.53. The lowest BCUT2D eigenvalue weighted by Crippen LogP contribution is -2.54. The van der Waals surface area contributed by atoms with Gasteiger partial charge in [-0.15, -0.1) is 0 Å². The third-order valence-electron chi connectivity index (χ3n) is 4.23. The Morgan fingerprint density at radius 1 is 1.52 bits per heavy atom. The average Bonchev–Trinajstić information content (AvgIpc) is 2.99. The van der Waals surface area contributed by atoms with E-state index in [4.69, 9.17) is 17.3 Å². The second-order valence-electron chi connectivity index (χ2n) is 6.01. The van der Waals surface area contributed by atoms with Crippen LogP contribution in [0, 0.1) is 10.1 Å². The highest BCUT2D eigenvalue weighted by atomic mass is 35.5. The van der Waals surface area contributed by atoms with Crippen LogP contribution in [0.2, 0.25) is 5.02 Å². The summed E-state index contributed by atoms with van der Waals surface area (Å²) in [4.78, 5) is 16.5. The van der Waals surface area contributed by atoms with Crippen LogP contribution in [0.15, 0.2) is 53.6 Å². The number of hydrogen-bond donors (Lipinski definition) is 2. The van der Waals surface area contributed by atoms with Crippen LogP contribution in [0.1, 0.15) is 12.6 Å². The number of pyridine rings is 1. The van der Waals surface area contributed by atoms with Crippen LogP contribution in [-0.2, 0) is 10.0 Å². The molecule has 2 aromatic rings. The summed E-state index contributed by atoms with van der Waals surface area (Å²) in [5, 5.41) is 15.2. The number of hydrogen-bond acceptors (Lipinski definition) is 7. The number of hydrazone groups is 1. The predicted molar refractivity (Wildman–Crippen MR) is 100 cm³/mol. The molecule has 0 saturated carbocycles. The Kier molecular flexibility index (Phi) is 4.76. The highest BCUT2D eigenvalue weighted by molar-refractivity contribution is 7.91. The minimum atomic E-state index is -4.17. The van der Waals surface area contributed by atoms with Crippen LogP contribution in [-0.4, -0.2) is 39.7 Å². The maximum atomic E-state index is 12.7. The van der Waals surface area contributed by atoms with Gasteiger partial charge in [-0.25, -0.2) is 18.2 Å². The molecule has 0 spiro atoms. The van der Waals surface area contributed by atoms with E-state index in [1.54, 1.807) is 22.7 Å². The monoisotopic (exact) mass is 410 g/mol. The molecule has 0 fully saturated rings. The van der Waals surface area contributed by atoms with Gasteiger partial charge in [-0.05, 0) is 19.1 Å². The van der Waals surface area contributed by atoms with Crippen molar-refractivity contribution in [2.75, 3.05) is 0 Å². The summed E-state index contributed by atoms with van der Waals surface area (Å²) in [6, 6.07) is 2.39. The van der Waals surface area contributed by atoms with Crippen LogP contribution in [0.25, 0.3) is 5.65 Å². The lowest BCUT2D eigenvalue weighted by atomic mass is 9.95. The van der Waals surface area contributed by atoms with Gasteiger partial charge < -0.3 is 5.73 Å². The Hall–Kier alpha value is -2.76. The van der Waals surface area contributed by atoms with Gasteiger partial charge in [0.05, 0.1) is 28.1 Å². The molecule has 2 unspecified atom stereocenters. The molecule has 2 aromatic heterocycles. The number of nitrogens with one attached hydrogen (secondary N) is 1. The molecule has 27 heavy (non-hydrogen) atoms. The van der Waals surface area contributed by atoms with Gasteiger partial charge in [0.1, 0.15) is 10.4 Å². The largest absolute Gasteiger partial charge is 0.323 e. The number of nitrogens with two attached hydrogens (primary N) is 1. The third kappa shape index (κ3) is 3.44. The summed E-state index contributed by atoms with van der Waals surface area (Å²) >= 11 is 5.94. The first-order valence-corrected chi connectivity index (χ1v) is 9.48. The van der Waals surface area contributed by atoms with Gasteiger partial charge in [0.15, 0.2) is 0 Å². The Morgan fingerprint density at radius 2 is 2.26 bits per heavy atom. The van der Waals surface area contributed by atoms with Crippen molar-refractivity contribution < 1.29 is 13.3 Å². The summed E-state index contributed by atoms with van der Waals surface area (Å²) in [5.74, 6) is 0. The standard InChI is InChI=1S/C15H15ClN6O4S/c1-15(6-11(22(23)24)3-4-13(15)17)27(25,26)20-19-8-12-7-18-14-5-2-10(16)9-21(12)14/h2-9,13,20H,17H2,1H3. The van der Waals surface area contributed by atoms with E-state index in [1.807, 2.05) is 0 Å². The van der Waals surface area contributed by atoms with E-state index in [-0.39, 0.29) is 5.70 Å². The number of aromatic nitrogens is 2. The van der Waals surface area contributed by atoms with Gasteiger partial charge >= 0.3 is 0 Å². The predicted octanol–water partition coefficient (Wildman–Crippen LogP) is 1.06. The number of halogens is 1. The van der Waals surface area contributed by atoms with E-state index in [0.717, 1.165) is 6.08 Å². The maximum Gasteiger partial charge on any atom is 0.266 e. The SMILES string of the molecule is CC1(S(=O)(=O)NN=Cc2cnc3ccc(Cl)cn23)C=C([N+](=O)[O-])C=CC1N. The van der Waals surface area contributed by atoms with Crippen molar-refractivity contribution in [2.24, 2.45) is 10.8 Å². The van der Waals surface area contributed by atoms with Gasteiger partial charge in [-0.2, -0.15) is 5.10 Å². The molecule has 0 saturated heterocycles. The minimum absolute atomic E-state index is 0.356. The van der Waals surface area contributed by atoms with Crippen molar-refractivity contribution in [3.8, 4) is 0 Å². The number of imidazole rings is 1. The summed E-state index contributed by atoms with van der Waals surface area (Å²) in [5.41, 5.74) is 6.60. The van der Waals surface area contributed by atoms with Crippen molar-refractivity contribution in [2.45, 2.75) is 17.7 Å². The molecule has 0 radical (unpaired) electrons. The van der Waals surface area contributed by atoms with Crippen molar-refractivity contribution in [1.29, 1.82) is 0 Å². The summed E-state index contributed by atoms with van der Waals surface area (Å²) in [6.45, 7) is 1.29. The smallest absolute Gasteiger partial charge is 0.266 e. The number of allylic oxidation sites excluding steroid dienone is 1. The number of nitrogens with zero attached hydrogens (tertiary/aromatic N) is 4. The molecule has 3 N–H and O–H groups in total. The second kappa shape index (κ2) is 6.76. The van der Waals surface area contributed by atoms with Crippen LogP contribution in [0.5, 0.6) is 0 Å². The highest BCUT2D eigenvalue weighted by Gasteiger charge is 2.45. The van der Waals surface area contributed by atoms with Crippen LogP contribution in [0.3, 0.4) is 0 Å². The molecule has 2 heterocycles. The van der Waals surface area contributed by atoms with Gasteiger partial charge in [0.25, 0.3) is 15.7 Å². The lowest BCUT2D eigenvalue weighted by molar-refractivity contribution is -0.419. The van der Waals surface area contributed by atoms with Crippen molar-refractivity contribution >= 4 is 33.5 Å². The third-order valence-corrected chi connectivity index (χ3v) is 6.35. The Morgan fingerprint density at radius 3 is 2.96 bits per heavy atom. The number of sulfonamides is 1. The first-order valence-electron chi connectivity index (χ1n) is 7.62. The molecule has 2 atom stereocenters. The molecule has 142 valence electrons. The van der Waals surface area contributed by atoms with E-state index < -0.39 is 25.7 Å². The quantitative estimate of drug-likeness (QED) is 0.428. The van der Waals surface area contributed by atoms with Crippen molar-refractivity contribution in [1.82, 2.24) is 14.2 Å². The normalized spacial score (nSPS) is 22.9. The topological polar surface area (TPSA) is 145 Å². The molecule has 12 heteroatoms. The van der Waals surface area contributed by atoms with Crippen molar-refractivity contribution in [3.63, 3.8) is 0 Å². The fourth-order valence-corrected chi connectivity index (χ4v) is 3.79. The van der Waals surface area contributed by atoms with E-state index >= 15 is 0 Å². The van der Waals surface area contributed by atoms with Crippen LogP contribution in [0.4, 0.5) is 0 Å². The lowest BCUT2D eigenvalue weighted by Gasteiger charge is -2.30. The molecule has 0 amide bonds. The van der Waals surface area contributed by atoms with Gasteiger partial charge in [0.2, 0.25) is 0 Å². The van der Waals surface area contributed by atoms with Gasteiger partial charge in [-0.1, -0.05) is 17.7 Å². The van der Waals surface area contributed by atoms with Crippen LogP contribution >= 0.6 is 11.6 Å².